The average molecular weight is 227 g/mol. The van der Waals surface area contributed by atoms with Crippen LogP contribution in [0.15, 0.2) is 58.3 Å². The van der Waals surface area contributed by atoms with E-state index in [1.165, 1.54) is 10.5 Å². The van der Waals surface area contributed by atoms with Gasteiger partial charge in [0.05, 0.1) is 0 Å². The van der Waals surface area contributed by atoms with Gasteiger partial charge in [-0.25, -0.2) is 0 Å². The SMILES string of the molecule is Cc1ccc(Sc2ccc([N+]#N)cc2)cc1. The molecule has 0 aromatic heterocycles. The Balaban J connectivity index is 2.15. The van der Waals surface area contributed by atoms with E-state index in [1.54, 1.807) is 23.9 Å². The van der Waals surface area contributed by atoms with Crippen molar-refractivity contribution in [2.45, 2.75) is 16.7 Å². The minimum Gasteiger partial charge on any atom is -0.0901 e. The highest BCUT2D eigenvalue weighted by atomic mass is 32.2. The van der Waals surface area contributed by atoms with Crippen molar-refractivity contribution in [1.29, 1.82) is 5.39 Å². The standard InChI is InChI=1S/C13H11N2S/c1-10-2-6-12(7-3-10)16-13-8-4-11(15-14)5-9-13/h2-9H,1H3/q+1. The molecule has 2 aromatic carbocycles. The average Bonchev–Trinajstić information content (AvgIpc) is 2.33. The monoisotopic (exact) mass is 227 g/mol. The van der Waals surface area contributed by atoms with Crippen LogP contribution in [0.3, 0.4) is 0 Å². The fourth-order valence-corrected chi connectivity index (χ4v) is 2.14. The topological polar surface area (TPSA) is 28.1 Å². The smallest absolute Gasteiger partial charge is 0.0901 e. The molecule has 3 heteroatoms. The van der Waals surface area contributed by atoms with Gasteiger partial charge in [-0.3, -0.25) is 0 Å². The first-order chi connectivity index (χ1) is 7.78. The third-order valence-electron chi connectivity index (χ3n) is 2.21. The zero-order chi connectivity index (χ0) is 11.4. The lowest BCUT2D eigenvalue weighted by Gasteiger charge is -2.00. The van der Waals surface area contributed by atoms with E-state index in [9.17, 15) is 0 Å². The third kappa shape index (κ3) is 2.62. The molecule has 0 radical (unpaired) electrons. The van der Waals surface area contributed by atoms with Crippen molar-refractivity contribution in [3.05, 3.63) is 59.1 Å². The number of nitrogens with zero attached hydrogens (tertiary/aromatic N) is 2. The predicted octanol–water partition coefficient (Wildman–Crippen LogP) is 4.63. The summed E-state index contributed by atoms with van der Waals surface area (Å²) >= 11 is 1.69. The van der Waals surface area contributed by atoms with Gasteiger partial charge < -0.3 is 0 Å². The predicted molar refractivity (Wildman–Crippen MR) is 66.5 cm³/mol. The Labute approximate surface area is 98.9 Å². The summed E-state index contributed by atoms with van der Waals surface area (Å²) in [6.45, 7) is 2.08. The molecule has 0 aliphatic rings. The molecular weight excluding hydrogens is 216 g/mol. The summed E-state index contributed by atoms with van der Waals surface area (Å²) < 4.78 is 0. The highest BCUT2D eigenvalue weighted by Gasteiger charge is 2.03. The van der Waals surface area contributed by atoms with Gasteiger partial charge in [0, 0.05) is 21.9 Å². The number of hydrogen-bond donors (Lipinski definition) is 0. The highest BCUT2D eigenvalue weighted by Crippen LogP contribution is 2.29. The van der Waals surface area contributed by atoms with Gasteiger partial charge in [-0.1, -0.05) is 29.5 Å². The molecule has 0 heterocycles. The van der Waals surface area contributed by atoms with Crippen LogP contribution in [0.25, 0.3) is 4.98 Å². The van der Waals surface area contributed by atoms with Crippen LogP contribution in [-0.2, 0) is 0 Å². The van der Waals surface area contributed by atoms with Gasteiger partial charge in [0.15, 0.2) is 4.98 Å². The van der Waals surface area contributed by atoms with Gasteiger partial charge >= 0.3 is 5.69 Å². The maximum absolute atomic E-state index is 8.57. The Bertz CT molecular complexity index is 509. The molecule has 0 unspecified atom stereocenters. The van der Waals surface area contributed by atoms with Crippen molar-refractivity contribution >= 4 is 17.4 Å². The van der Waals surface area contributed by atoms with Gasteiger partial charge in [0.1, 0.15) is 0 Å². The van der Waals surface area contributed by atoms with Crippen molar-refractivity contribution < 1.29 is 0 Å². The van der Waals surface area contributed by atoms with Crippen molar-refractivity contribution in [2.24, 2.45) is 0 Å². The Morgan fingerprint density at radius 1 is 0.875 bits per heavy atom. The molecule has 0 amide bonds. The second kappa shape index (κ2) is 4.82. The van der Waals surface area contributed by atoms with Crippen LogP contribution in [0.4, 0.5) is 5.69 Å². The summed E-state index contributed by atoms with van der Waals surface area (Å²) in [6.07, 6.45) is 0. The normalized spacial score (nSPS) is 9.75. The van der Waals surface area contributed by atoms with Gasteiger partial charge in [-0.2, -0.15) is 0 Å². The highest BCUT2D eigenvalue weighted by molar-refractivity contribution is 7.99. The molecule has 78 valence electrons. The molecule has 2 nitrogen and oxygen atoms in total. The van der Waals surface area contributed by atoms with Gasteiger partial charge in [0.2, 0.25) is 5.39 Å². The maximum atomic E-state index is 8.57. The Morgan fingerprint density at radius 3 is 1.88 bits per heavy atom. The van der Waals surface area contributed by atoms with Gasteiger partial charge in [-0.15, -0.1) is 0 Å². The molecule has 0 aliphatic heterocycles. The first kappa shape index (κ1) is 10.7. The van der Waals surface area contributed by atoms with Gasteiger partial charge in [0.25, 0.3) is 0 Å². The molecule has 0 fully saturated rings. The molecule has 0 atom stereocenters. The molecule has 16 heavy (non-hydrogen) atoms. The number of hydrogen-bond acceptors (Lipinski definition) is 2. The molecule has 0 aliphatic carbocycles. The fraction of sp³-hybridized carbons (Fsp3) is 0.0769. The molecule has 0 N–H and O–H groups in total. The van der Waals surface area contributed by atoms with E-state index in [2.05, 4.69) is 36.2 Å². The van der Waals surface area contributed by atoms with Crippen molar-refractivity contribution in [2.75, 3.05) is 0 Å². The molecule has 2 rings (SSSR count). The maximum Gasteiger partial charge on any atom is 0.385 e. The Morgan fingerprint density at radius 2 is 1.38 bits per heavy atom. The molecule has 0 saturated heterocycles. The summed E-state index contributed by atoms with van der Waals surface area (Å²) in [6, 6.07) is 15.9. The van der Waals surface area contributed by atoms with Crippen molar-refractivity contribution in [1.82, 2.24) is 0 Å². The van der Waals surface area contributed by atoms with Crippen LogP contribution in [0.5, 0.6) is 0 Å². The first-order valence-corrected chi connectivity index (χ1v) is 5.79. The summed E-state index contributed by atoms with van der Waals surface area (Å²) in [4.78, 5) is 5.46. The van der Waals surface area contributed by atoms with Crippen LogP contribution in [0.2, 0.25) is 0 Å². The van der Waals surface area contributed by atoms with E-state index >= 15 is 0 Å². The fourth-order valence-electron chi connectivity index (χ4n) is 1.32. The molecule has 0 saturated carbocycles. The van der Waals surface area contributed by atoms with Gasteiger partial charge in [-0.05, 0) is 31.2 Å². The lowest BCUT2D eigenvalue weighted by Crippen LogP contribution is -1.74. The second-order valence-corrected chi connectivity index (χ2v) is 4.66. The van der Waals surface area contributed by atoms with E-state index in [1.807, 2.05) is 12.1 Å². The Kier molecular flexibility index (Phi) is 3.23. The second-order valence-electron chi connectivity index (χ2n) is 3.51. The van der Waals surface area contributed by atoms with Crippen LogP contribution in [-0.4, -0.2) is 0 Å². The van der Waals surface area contributed by atoms with E-state index < -0.39 is 0 Å². The Hall–Kier alpha value is -1.79. The first-order valence-electron chi connectivity index (χ1n) is 4.97. The number of diazo groups is 1. The zero-order valence-electron chi connectivity index (χ0n) is 8.92. The van der Waals surface area contributed by atoms with Crippen molar-refractivity contribution in [3.8, 4) is 0 Å². The van der Waals surface area contributed by atoms with E-state index in [4.69, 9.17) is 5.39 Å². The zero-order valence-corrected chi connectivity index (χ0v) is 9.74. The molecular formula is C13H11N2S+. The number of rotatable bonds is 2. The van der Waals surface area contributed by atoms with Crippen LogP contribution in [0.1, 0.15) is 5.56 Å². The molecule has 0 bridgehead atoms. The minimum absolute atomic E-state index is 0.577. The minimum atomic E-state index is 0.577. The number of benzene rings is 2. The van der Waals surface area contributed by atoms with Crippen LogP contribution in [0, 0.1) is 12.3 Å². The van der Waals surface area contributed by atoms with E-state index in [0.717, 1.165) is 4.90 Å². The quantitative estimate of drug-likeness (QED) is 0.699. The molecule has 2 aromatic rings. The lowest BCUT2D eigenvalue weighted by molar-refractivity contribution is 1.36. The number of aryl methyl sites for hydroxylation is 1. The summed E-state index contributed by atoms with van der Waals surface area (Å²) in [7, 11) is 0. The van der Waals surface area contributed by atoms with Crippen LogP contribution >= 0.6 is 11.8 Å². The van der Waals surface area contributed by atoms with E-state index in [0.29, 0.717) is 5.69 Å². The van der Waals surface area contributed by atoms with E-state index in [-0.39, 0.29) is 0 Å². The lowest BCUT2D eigenvalue weighted by atomic mass is 10.2. The largest absolute Gasteiger partial charge is 0.385 e. The summed E-state index contributed by atoms with van der Waals surface area (Å²) in [5.41, 5.74) is 1.84. The third-order valence-corrected chi connectivity index (χ3v) is 3.22. The molecule has 0 spiro atoms. The summed E-state index contributed by atoms with van der Waals surface area (Å²) in [5, 5.41) is 8.57. The van der Waals surface area contributed by atoms with Crippen molar-refractivity contribution in [3.63, 3.8) is 0 Å². The summed E-state index contributed by atoms with van der Waals surface area (Å²) in [5.74, 6) is 0. The van der Waals surface area contributed by atoms with Crippen LogP contribution < -0.4 is 0 Å².